The number of fused-ring (bicyclic) bond motifs is 2. The van der Waals surface area contributed by atoms with Crippen molar-refractivity contribution in [1.82, 2.24) is 4.90 Å². The number of aliphatic hydroxyl groups is 1. The van der Waals surface area contributed by atoms with Crippen LogP contribution in [0.25, 0.3) is 0 Å². The molecule has 7 aliphatic rings. The van der Waals surface area contributed by atoms with Gasteiger partial charge < -0.3 is 24.8 Å². The number of carbonyl (C=O) groups is 1. The maximum atomic E-state index is 12.2. The number of piperidine rings is 1. The van der Waals surface area contributed by atoms with Crippen LogP contribution in [0.5, 0.6) is 11.5 Å². The van der Waals surface area contributed by atoms with Crippen LogP contribution in [-0.4, -0.2) is 69.7 Å². The Labute approximate surface area is 226 Å². The number of methoxy groups -OCH3 is 1. The minimum atomic E-state index is -0.909. The third-order valence-electron chi connectivity index (χ3n) is 11.9. The molecule has 5 fully saturated rings. The number of hydrogen-bond acceptors (Lipinski definition) is 6. The summed E-state index contributed by atoms with van der Waals surface area (Å²) in [6.07, 6.45) is 7.64. The molecule has 1 saturated heterocycles. The van der Waals surface area contributed by atoms with Gasteiger partial charge in [-0.15, -0.1) is 0 Å². The first-order valence-electron chi connectivity index (χ1n) is 14.5. The van der Waals surface area contributed by atoms with Gasteiger partial charge in [-0.25, -0.2) is 0 Å². The standard InChI is InChI=1S/C29H41NO4.C2H4O2/c1-25(2,3)26(4,32)20-15-27-10-11-29(20,33-5)24-28(27)12-13-30(16-17-6-7-17)21(27)14-18-8-9-19(31)23(34-24)22(18)28;1-2(3)4/h8-9,17,20-21,24,31-32H,6-7,10-16H2,1-5H3;1H3,(H,3,4)/t20-,21-,24-,26+,27-,28+,29+;/m1./s1. The first kappa shape index (κ1) is 26.4. The second-order valence-corrected chi connectivity index (χ2v) is 14.3. The Morgan fingerprint density at radius 1 is 1.18 bits per heavy atom. The van der Waals surface area contributed by atoms with Gasteiger partial charge in [0.05, 0.1) is 5.60 Å². The molecule has 8 rings (SSSR count). The molecule has 7 heteroatoms. The molecule has 4 bridgehead atoms. The Morgan fingerprint density at radius 3 is 2.47 bits per heavy atom. The predicted molar refractivity (Wildman–Crippen MR) is 144 cm³/mol. The van der Waals surface area contributed by atoms with Gasteiger partial charge in [-0.1, -0.05) is 26.8 Å². The fraction of sp³-hybridized carbons (Fsp3) is 0.774. The molecule has 0 amide bonds. The Morgan fingerprint density at radius 2 is 1.87 bits per heavy atom. The molecular formula is C31H45NO6. The second kappa shape index (κ2) is 8.11. The summed E-state index contributed by atoms with van der Waals surface area (Å²) in [5.41, 5.74) is 0.783. The van der Waals surface area contributed by atoms with E-state index in [-0.39, 0.29) is 34.0 Å². The van der Waals surface area contributed by atoms with Gasteiger partial charge in [0.15, 0.2) is 11.5 Å². The summed E-state index contributed by atoms with van der Waals surface area (Å²) in [7, 11) is 1.83. The molecular weight excluding hydrogens is 482 g/mol. The molecule has 1 aromatic carbocycles. The Balaban J connectivity index is 0.000000620. The minimum Gasteiger partial charge on any atom is -0.504 e. The van der Waals surface area contributed by atoms with Crippen molar-refractivity contribution in [3.8, 4) is 11.5 Å². The number of carboxylic acids is 1. The molecule has 7 nitrogen and oxygen atoms in total. The van der Waals surface area contributed by atoms with E-state index in [0.29, 0.717) is 11.8 Å². The highest BCUT2D eigenvalue weighted by Gasteiger charge is 2.82. The summed E-state index contributed by atoms with van der Waals surface area (Å²) < 4.78 is 13.5. The van der Waals surface area contributed by atoms with Gasteiger partial charge in [-0.05, 0) is 81.4 Å². The van der Waals surface area contributed by atoms with Crippen LogP contribution in [0, 0.1) is 22.7 Å². The van der Waals surface area contributed by atoms with Crippen molar-refractivity contribution < 1.29 is 29.6 Å². The van der Waals surface area contributed by atoms with Crippen molar-refractivity contribution in [2.24, 2.45) is 22.7 Å². The smallest absolute Gasteiger partial charge is 0.300 e. The number of carboxylic acid groups (broad SMARTS) is 1. The fourth-order valence-corrected chi connectivity index (χ4v) is 9.58. The van der Waals surface area contributed by atoms with Gasteiger partial charge >= 0.3 is 0 Å². The molecule has 2 heterocycles. The molecule has 7 atom stereocenters. The minimum absolute atomic E-state index is 0.0294. The number of ether oxygens (including phenoxy) is 2. The first-order chi connectivity index (χ1) is 17.7. The van der Waals surface area contributed by atoms with Crippen LogP contribution < -0.4 is 4.74 Å². The maximum Gasteiger partial charge on any atom is 0.300 e. The molecule has 38 heavy (non-hydrogen) atoms. The van der Waals surface area contributed by atoms with Crippen LogP contribution in [0.15, 0.2) is 12.1 Å². The normalized spacial score (nSPS) is 39.9. The highest BCUT2D eigenvalue weighted by atomic mass is 16.6. The first-order valence-corrected chi connectivity index (χ1v) is 14.5. The third kappa shape index (κ3) is 3.15. The van der Waals surface area contributed by atoms with Gasteiger partial charge in [0, 0.05) is 48.9 Å². The van der Waals surface area contributed by atoms with E-state index in [4.69, 9.17) is 19.4 Å². The van der Waals surface area contributed by atoms with E-state index in [1.807, 2.05) is 20.1 Å². The largest absolute Gasteiger partial charge is 0.504 e. The number of phenols is 1. The zero-order valence-electron chi connectivity index (χ0n) is 23.8. The summed E-state index contributed by atoms with van der Waals surface area (Å²) in [4.78, 5) is 11.8. The summed E-state index contributed by atoms with van der Waals surface area (Å²) in [5.74, 6) is 0.969. The maximum absolute atomic E-state index is 12.2. The number of likely N-dealkylation sites (tertiary alicyclic amines) is 1. The van der Waals surface area contributed by atoms with Crippen LogP contribution in [0.3, 0.4) is 0 Å². The van der Waals surface area contributed by atoms with Gasteiger partial charge in [0.25, 0.3) is 5.97 Å². The van der Waals surface area contributed by atoms with E-state index in [0.717, 1.165) is 51.5 Å². The van der Waals surface area contributed by atoms with E-state index in [1.54, 1.807) is 0 Å². The number of aromatic hydroxyl groups is 1. The lowest BCUT2D eigenvalue weighted by atomic mass is 9.33. The van der Waals surface area contributed by atoms with Crippen molar-refractivity contribution in [3.05, 3.63) is 23.3 Å². The van der Waals surface area contributed by atoms with Gasteiger partial charge in [0.1, 0.15) is 11.7 Å². The molecule has 4 saturated carbocycles. The predicted octanol–water partition coefficient (Wildman–Crippen LogP) is 4.50. The van der Waals surface area contributed by atoms with Crippen LogP contribution in [0.1, 0.15) is 84.3 Å². The van der Waals surface area contributed by atoms with Crippen LogP contribution >= 0.6 is 0 Å². The van der Waals surface area contributed by atoms with Crippen molar-refractivity contribution in [3.63, 3.8) is 0 Å². The fourth-order valence-electron chi connectivity index (χ4n) is 9.58. The monoisotopic (exact) mass is 527 g/mol. The number of rotatable bonds is 4. The van der Waals surface area contributed by atoms with Crippen molar-refractivity contribution in [2.75, 3.05) is 20.2 Å². The molecule has 1 aromatic rings. The SMILES string of the molecule is CC(=O)O.CO[C@@]12CC[C@@]3(C[C@@H]1[C@](C)(O)C(C)(C)C)[C@H]1Cc4ccc(O)c5c4[C@@]3(CCN1CC1CC1)[C@H]2O5. The molecule has 5 aliphatic carbocycles. The zero-order chi connectivity index (χ0) is 27.5. The lowest BCUT2D eigenvalue weighted by Crippen LogP contribution is -2.83. The van der Waals surface area contributed by atoms with Gasteiger partial charge in [0.2, 0.25) is 0 Å². The molecule has 0 radical (unpaired) electrons. The Kier molecular flexibility index (Phi) is 5.63. The molecule has 2 aliphatic heterocycles. The van der Waals surface area contributed by atoms with Crippen molar-refractivity contribution in [2.45, 2.75) is 108 Å². The molecule has 210 valence electrons. The second-order valence-electron chi connectivity index (χ2n) is 14.3. The Hall–Kier alpha value is -1.83. The van der Waals surface area contributed by atoms with E-state index in [2.05, 4.69) is 31.7 Å². The number of benzene rings is 1. The van der Waals surface area contributed by atoms with E-state index in [9.17, 15) is 10.2 Å². The van der Waals surface area contributed by atoms with Gasteiger partial charge in [-0.2, -0.15) is 0 Å². The number of aliphatic carboxylic acids is 1. The van der Waals surface area contributed by atoms with E-state index >= 15 is 0 Å². The zero-order valence-corrected chi connectivity index (χ0v) is 23.8. The molecule has 0 aromatic heterocycles. The van der Waals surface area contributed by atoms with E-state index < -0.39 is 17.2 Å². The third-order valence-corrected chi connectivity index (χ3v) is 11.9. The van der Waals surface area contributed by atoms with Crippen LogP contribution in [0.4, 0.5) is 0 Å². The van der Waals surface area contributed by atoms with E-state index in [1.165, 1.54) is 30.5 Å². The summed E-state index contributed by atoms with van der Waals surface area (Å²) in [6.45, 7) is 11.9. The van der Waals surface area contributed by atoms with Gasteiger partial charge in [-0.3, -0.25) is 9.69 Å². The lowest BCUT2D eigenvalue weighted by Gasteiger charge is -2.75. The highest BCUT2D eigenvalue weighted by Crippen LogP contribution is 2.78. The average molecular weight is 528 g/mol. The summed E-state index contributed by atoms with van der Waals surface area (Å²) in [5, 5.41) is 30.6. The topological polar surface area (TPSA) is 99.5 Å². The Bertz CT molecular complexity index is 1150. The van der Waals surface area contributed by atoms with Crippen molar-refractivity contribution >= 4 is 5.97 Å². The van der Waals surface area contributed by atoms with Crippen LogP contribution in [0.2, 0.25) is 0 Å². The highest BCUT2D eigenvalue weighted by molar-refractivity contribution is 5.63. The average Bonchev–Trinajstić information content (AvgIpc) is 3.58. The number of hydrogen-bond donors (Lipinski definition) is 3. The number of phenolic OH excluding ortho intramolecular Hbond substituents is 1. The molecule has 2 spiro atoms. The van der Waals surface area contributed by atoms with Crippen molar-refractivity contribution in [1.29, 1.82) is 0 Å². The number of nitrogens with zero attached hydrogens (tertiary/aromatic N) is 1. The summed E-state index contributed by atoms with van der Waals surface area (Å²) in [6, 6.07) is 4.46. The molecule has 3 N–H and O–H groups in total. The molecule has 0 unspecified atom stereocenters. The lowest BCUT2D eigenvalue weighted by molar-refractivity contribution is -0.312. The quantitative estimate of drug-likeness (QED) is 0.530. The summed E-state index contributed by atoms with van der Waals surface area (Å²) >= 11 is 0. The van der Waals surface area contributed by atoms with Crippen LogP contribution in [-0.2, 0) is 21.4 Å².